The van der Waals surface area contributed by atoms with Crippen LogP contribution in [0.25, 0.3) is 0 Å². The van der Waals surface area contributed by atoms with E-state index in [0.717, 1.165) is 0 Å². The summed E-state index contributed by atoms with van der Waals surface area (Å²) in [5, 5.41) is 3.12. The molecule has 0 amide bonds. The molecule has 0 aliphatic rings. The van der Waals surface area contributed by atoms with Crippen LogP contribution >= 0.6 is 11.6 Å². The Kier molecular flexibility index (Phi) is 4.65. The van der Waals surface area contributed by atoms with Crippen molar-refractivity contribution >= 4 is 17.3 Å². The highest BCUT2D eigenvalue weighted by molar-refractivity contribution is 6.32. The summed E-state index contributed by atoms with van der Waals surface area (Å²) in [6, 6.07) is 2.77. The summed E-state index contributed by atoms with van der Waals surface area (Å²) in [4.78, 5) is 0. The van der Waals surface area contributed by atoms with E-state index < -0.39 is 5.82 Å². The van der Waals surface area contributed by atoms with E-state index in [1.54, 1.807) is 0 Å². The van der Waals surface area contributed by atoms with Crippen LogP contribution in [-0.2, 0) is 0 Å². The van der Waals surface area contributed by atoms with Crippen molar-refractivity contribution in [1.29, 1.82) is 0 Å². The smallest absolute Gasteiger partial charge is 0.148 e. The molecule has 0 atom stereocenters. The fourth-order valence-corrected chi connectivity index (χ4v) is 1.34. The van der Waals surface area contributed by atoms with E-state index in [9.17, 15) is 4.39 Å². The van der Waals surface area contributed by atoms with Crippen LogP contribution in [0.15, 0.2) is 12.1 Å². The van der Waals surface area contributed by atoms with Gasteiger partial charge in [0.25, 0.3) is 0 Å². The van der Waals surface area contributed by atoms with Gasteiger partial charge in [0.15, 0.2) is 0 Å². The molecule has 0 aliphatic heterocycles. The Bertz CT molecular complexity index is 333. The standard InChI is InChI=1S/C10H14ClFN2O/c1-2-15-10-6-9(14-4-3-13)8(12)5-7(10)11/h5-6,14H,2-4,13H2,1H3. The molecule has 3 N–H and O–H groups in total. The van der Waals surface area contributed by atoms with E-state index >= 15 is 0 Å². The van der Waals surface area contributed by atoms with Gasteiger partial charge in [-0.05, 0) is 13.0 Å². The Hall–Kier alpha value is -1.00. The molecule has 1 rings (SSSR count). The van der Waals surface area contributed by atoms with Gasteiger partial charge in [-0.25, -0.2) is 4.39 Å². The third-order valence-electron chi connectivity index (χ3n) is 1.78. The minimum absolute atomic E-state index is 0.271. The predicted molar refractivity (Wildman–Crippen MR) is 60.1 cm³/mol. The lowest BCUT2D eigenvalue weighted by molar-refractivity contribution is 0.340. The van der Waals surface area contributed by atoms with Crippen LogP contribution in [0.2, 0.25) is 5.02 Å². The molecule has 0 saturated carbocycles. The number of ether oxygens (including phenoxy) is 1. The normalized spacial score (nSPS) is 10.1. The van der Waals surface area contributed by atoms with Gasteiger partial charge in [-0.15, -0.1) is 0 Å². The molecule has 0 radical (unpaired) electrons. The zero-order valence-corrected chi connectivity index (χ0v) is 9.27. The monoisotopic (exact) mass is 232 g/mol. The number of nitrogens with one attached hydrogen (secondary N) is 1. The fraction of sp³-hybridized carbons (Fsp3) is 0.400. The average Bonchev–Trinajstić information content (AvgIpc) is 2.20. The zero-order valence-electron chi connectivity index (χ0n) is 8.52. The second kappa shape index (κ2) is 5.78. The zero-order chi connectivity index (χ0) is 11.3. The number of anilines is 1. The van der Waals surface area contributed by atoms with E-state index in [2.05, 4.69) is 5.32 Å². The topological polar surface area (TPSA) is 47.3 Å². The van der Waals surface area contributed by atoms with E-state index in [4.69, 9.17) is 22.1 Å². The number of benzene rings is 1. The fourth-order valence-electron chi connectivity index (χ4n) is 1.14. The van der Waals surface area contributed by atoms with Crippen molar-refractivity contribution < 1.29 is 9.13 Å². The first-order valence-electron chi connectivity index (χ1n) is 4.74. The summed E-state index contributed by atoms with van der Waals surface area (Å²) in [5.41, 5.74) is 5.67. The van der Waals surface area contributed by atoms with Gasteiger partial charge in [0.2, 0.25) is 0 Å². The van der Waals surface area contributed by atoms with Crippen LogP contribution in [0, 0.1) is 5.82 Å². The van der Waals surface area contributed by atoms with Crippen LogP contribution in [0.3, 0.4) is 0 Å². The molecule has 0 heterocycles. The highest BCUT2D eigenvalue weighted by Crippen LogP contribution is 2.30. The first-order chi connectivity index (χ1) is 7.19. The third-order valence-corrected chi connectivity index (χ3v) is 2.08. The maximum absolute atomic E-state index is 13.4. The molecule has 0 aromatic heterocycles. The van der Waals surface area contributed by atoms with Gasteiger partial charge < -0.3 is 15.8 Å². The molecule has 0 aliphatic carbocycles. The lowest BCUT2D eigenvalue weighted by atomic mass is 10.3. The second-order valence-electron chi connectivity index (χ2n) is 2.91. The maximum atomic E-state index is 13.4. The third kappa shape index (κ3) is 3.25. The maximum Gasteiger partial charge on any atom is 0.148 e. The SMILES string of the molecule is CCOc1cc(NCCN)c(F)cc1Cl. The molecule has 0 saturated heterocycles. The summed E-state index contributed by atoms with van der Waals surface area (Å²) < 4.78 is 18.6. The molecule has 1 aromatic carbocycles. The van der Waals surface area contributed by atoms with Gasteiger partial charge in [-0.2, -0.15) is 0 Å². The molecule has 1 aromatic rings. The first kappa shape index (κ1) is 12.1. The van der Waals surface area contributed by atoms with Crippen LogP contribution in [0.1, 0.15) is 6.92 Å². The minimum atomic E-state index is -0.406. The van der Waals surface area contributed by atoms with Gasteiger partial charge in [-0.3, -0.25) is 0 Å². The summed E-state index contributed by atoms with van der Waals surface area (Å²) in [6.45, 7) is 3.27. The van der Waals surface area contributed by atoms with Crippen molar-refractivity contribution in [1.82, 2.24) is 0 Å². The summed E-state index contributed by atoms with van der Waals surface area (Å²) in [7, 11) is 0. The second-order valence-corrected chi connectivity index (χ2v) is 3.32. The van der Waals surface area contributed by atoms with Crippen molar-refractivity contribution in [3.8, 4) is 5.75 Å². The Morgan fingerprint density at radius 1 is 1.53 bits per heavy atom. The number of hydrogen-bond acceptors (Lipinski definition) is 3. The summed E-state index contributed by atoms with van der Waals surface area (Å²) >= 11 is 5.80. The molecule has 84 valence electrons. The summed E-state index contributed by atoms with van der Waals surface area (Å²) in [6.07, 6.45) is 0. The average molecular weight is 233 g/mol. The van der Waals surface area contributed by atoms with Gasteiger partial charge in [0.05, 0.1) is 17.3 Å². The molecular formula is C10H14ClFN2O. The number of nitrogens with two attached hydrogens (primary N) is 1. The van der Waals surface area contributed by atoms with Gasteiger partial charge >= 0.3 is 0 Å². The van der Waals surface area contributed by atoms with Gasteiger partial charge in [0.1, 0.15) is 11.6 Å². The molecule has 5 heteroatoms. The van der Waals surface area contributed by atoms with Crippen LogP contribution in [0.4, 0.5) is 10.1 Å². The van der Waals surface area contributed by atoms with Crippen molar-refractivity contribution in [3.05, 3.63) is 23.0 Å². The lowest BCUT2D eigenvalue weighted by Gasteiger charge is -2.10. The highest BCUT2D eigenvalue weighted by atomic mass is 35.5. The van der Waals surface area contributed by atoms with Crippen LogP contribution in [0.5, 0.6) is 5.75 Å². The van der Waals surface area contributed by atoms with E-state index in [-0.39, 0.29) is 5.02 Å². The molecule has 0 unspecified atom stereocenters. The largest absolute Gasteiger partial charge is 0.492 e. The molecule has 3 nitrogen and oxygen atoms in total. The number of hydrogen-bond donors (Lipinski definition) is 2. The molecule has 0 spiro atoms. The Morgan fingerprint density at radius 2 is 2.27 bits per heavy atom. The van der Waals surface area contributed by atoms with Crippen molar-refractivity contribution in [3.63, 3.8) is 0 Å². The first-order valence-corrected chi connectivity index (χ1v) is 5.12. The quantitative estimate of drug-likeness (QED) is 0.819. The highest BCUT2D eigenvalue weighted by Gasteiger charge is 2.08. The van der Waals surface area contributed by atoms with Crippen LogP contribution < -0.4 is 15.8 Å². The van der Waals surface area contributed by atoms with Crippen molar-refractivity contribution in [2.75, 3.05) is 25.0 Å². The van der Waals surface area contributed by atoms with E-state index in [1.807, 2.05) is 6.92 Å². The number of rotatable bonds is 5. The van der Waals surface area contributed by atoms with Crippen molar-refractivity contribution in [2.45, 2.75) is 6.92 Å². The van der Waals surface area contributed by atoms with Gasteiger partial charge in [-0.1, -0.05) is 11.6 Å². The summed E-state index contributed by atoms with van der Waals surface area (Å²) in [5.74, 6) is 0.0667. The Balaban J connectivity index is 2.90. The molecule has 0 bridgehead atoms. The van der Waals surface area contributed by atoms with Crippen LogP contribution in [-0.4, -0.2) is 19.7 Å². The lowest BCUT2D eigenvalue weighted by Crippen LogP contribution is -2.14. The Labute approximate surface area is 93.4 Å². The Morgan fingerprint density at radius 3 is 2.87 bits per heavy atom. The van der Waals surface area contributed by atoms with Crippen molar-refractivity contribution in [2.24, 2.45) is 5.73 Å². The molecule has 0 fully saturated rings. The minimum Gasteiger partial charge on any atom is -0.492 e. The predicted octanol–water partition coefficient (Wildman–Crippen LogP) is 2.25. The van der Waals surface area contributed by atoms with Gasteiger partial charge in [0, 0.05) is 19.2 Å². The molecular weight excluding hydrogens is 219 g/mol. The van der Waals surface area contributed by atoms with E-state index in [1.165, 1.54) is 12.1 Å². The molecule has 15 heavy (non-hydrogen) atoms. The number of halogens is 2. The van der Waals surface area contributed by atoms with E-state index in [0.29, 0.717) is 31.1 Å².